The quantitative estimate of drug-likeness (QED) is 0.206. The smallest absolute Gasteiger partial charge is 0.336 e. The van der Waals surface area contributed by atoms with Crippen LogP contribution < -0.4 is 5.63 Å². The van der Waals surface area contributed by atoms with E-state index in [1.807, 2.05) is 49.4 Å². The third-order valence-electron chi connectivity index (χ3n) is 5.55. The highest BCUT2D eigenvalue weighted by Crippen LogP contribution is 2.31. The minimum atomic E-state index is -0.380. The molecule has 0 saturated heterocycles. The van der Waals surface area contributed by atoms with E-state index in [0.717, 1.165) is 45.0 Å². The Kier molecular flexibility index (Phi) is 6.47. The van der Waals surface area contributed by atoms with Crippen molar-refractivity contribution in [2.75, 3.05) is 0 Å². The molecule has 3 heterocycles. The number of benzene rings is 2. The van der Waals surface area contributed by atoms with Crippen molar-refractivity contribution < 1.29 is 4.42 Å². The van der Waals surface area contributed by atoms with Gasteiger partial charge < -0.3 is 4.42 Å². The lowest BCUT2D eigenvalue weighted by molar-refractivity contribution is 0.559. The van der Waals surface area contributed by atoms with Gasteiger partial charge in [-0.1, -0.05) is 60.6 Å². The molecule has 0 radical (unpaired) electrons. The van der Waals surface area contributed by atoms with Crippen LogP contribution in [0.25, 0.3) is 22.4 Å². The Labute approximate surface area is 205 Å². The number of thioether (sulfide) groups is 1. The third-order valence-corrected chi connectivity index (χ3v) is 6.92. The van der Waals surface area contributed by atoms with Crippen molar-refractivity contribution in [1.82, 2.24) is 19.7 Å². The van der Waals surface area contributed by atoms with Gasteiger partial charge in [-0.3, -0.25) is 9.55 Å². The zero-order valence-electron chi connectivity index (χ0n) is 18.4. The molecule has 0 atom stereocenters. The van der Waals surface area contributed by atoms with Crippen LogP contribution in [0.2, 0.25) is 5.02 Å². The number of hydrogen-bond donors (Lipinski definition) is 0. The van der Waals surface area contributed by atoms with Crippen LogP contribution in [0.5, 0.6) is 0 Å². The summed E-state index contributed by atoms with van der Waals surface area (Å²) < 4.78 is 7.53. The molecule has 170 valence electrons. The van der Waals surface area contributed by atoms with Gasteiger partial charge in [-0.2, -0.15) is 0 Å². The largest absolute Gasteiger partial charge is 0.423 e. The number of aryl methyl sites for hydroxylation is 1. The molecule has 5 aromatic rings. The lowest BCUT2D eigenvalue weighted by atomic mass is 10.1. The number of hydrogen-bond acceptors (Lipinski definition) is 6. The van der Waals surface area contributed by atoms with Gasteiger partial charge in [0.15, 0.2) is 11.0 Å². The van der Waals surface area contributed by atoms with E-state index in [1.165, 1.54) is 17.8 Å². The third kappa shape index (κ3) is 4.62. The molecule has 3 aromatic heterocycles. The molecule has 0 bridgehead atoms. The van der Waals surface area contributed by atoms with E-state index in [1.54, 1.807) is 12.4 Å². The summed E-state index contributed by atoms with van der Waals surface area (Å²) in [5.41, 5.74) is 3.99. The van der Waals surface area contributed by atoms with Gasteiger partial charge in [0.1, 0.15) is 5.58 Å². The summed E-state index contributed by atoms with van der Waals surface area (Å²) in [6.45, 7) is 2.63. The molecule has 0 saturated carbocycles. The maximum absolute atomic E-state index is 12.2. The van der Waals surface area contributed by atoms with Crippen LogP contribution in [0, 0.1) is 0 Å². The highest BCUT2D eigenvalue weighted by atomic mass is 35.5. The minimum absolute atomic E-state index is 0.380. The Morgan fingerprint density at radius 2 is 1.88 bits per heavy atom. The topological polar surface area (TPSA) is 73.8 Å². The summed E-state index contributed by atoms with van der Waals surface area (Å²) in [6.07, 6.45) is 4.28. The van der Waals surface area contributed by atoms with E-state index in [2.05, 4.69) is 31.9 Å². The Morgan fingerprint density at radius 1 is 1.03 bits per heavy atom. The standard InChI is InChI=1S/C26H21ClN4O2S/c1-2-18-11-23-21(13-22(18)27)20(12-24(32)33-23)16-34-26-30-29-25(19-9-6-10-28-14-19)31(26)15-17-7-4-3-5-8-17/h3-14H,2,15-16H2,1H3. The van der Waals surface area contributed by atoms with Crippen LogP contribution in [0.1, 0.15) is 23.6 Å². The summed E-state index contributed by atoms with van der Waals surface area (Å²) in [4.78, 5) is 16.5. The Bertz CT molecular complexity index is 1500. The average Bonchev–Trinajstić information content (AvgIpc) is 3.26. The second-order valence-corrected chi connectivity index (χ2v) is 9.14. The fourth-order valence-corrected chi connectivity index (χ4v) is 5.06. The average molecular weight is 489 g/mol. The summed E-state index contributed by atoms with van der Waals surface area (Å²) in [6, 6.07) is 19.3. The van der Waals surface area contributed by atoms with Crippen LogP contribution in [0.15, 0.2) is 87.4 Å². The molecular formula is C26H21ClN4O2S. The Hall–Kier alpha value is -3.42. The molecule has 0 aliphatic carbocycles. The van der Waals surface area contributed by atoms with Gasteiger partial charge in [-0.15, -0.1) is 10.2 Å². The zero-order chi connectivity index (χ0) is 23.5. The monoisotopic (exact) mass is 488 g/mol. The number of pyridine rings is 1. The van der Waals surface area contributed by atoms with E-state index in [-0.39, 0.29) is 5.63 Å². The first-order chi connectivity index (χ1) is 16.6. The molecule has 0 aliphatic rings. The number of aromatic nitrogens is 4. The van der Waals surface area contributed by atoms with Crippen molar-refractivity contribution in [3.05, 3.63) is 105 Å². The molecule has 0 N–H and O–H groups in total. The SMILES string of the molecule is CCc1cc2oc(=O)cc(CSc3nnc(-c4cccnc4)n3Cc3ccccc3)c2cc1Cl. The van der Waals surface area contributed by atoms with Crippen molar-refractivity contribution in [3.63, 3.8) is 0 Å². The Balaban J connectivity index is 1.52. The molecule has 0 spiro atoms. The lowest BCUT2D eigenvalue weighted by Gasteiger charge is -2.11. The number of fused-ring (bicyclic) bond motifs is 1. The first kappa shape index (κ1) is 22.4. The number of halogens is 1. The summed E-state index contributed by atoms with van der Waals surface area (Å²) in [5, 5.41) is 11.2. The molecule has 0 aliphatic heterocycles. The first-order valence-corrected chi connectivity index (χ1v) is 12.2. The van der Waals surface area contributed by atoms with Crippen LogP contribution in [0.3, 0.4) is 0 Å². The molecular weight excluding hydrogens is 468 g/mol. The van der Waals surface area contributed by atoms with E-state index < -0.39 is 0 Å². The second kappa shape index (κ2) is 9.83. The second-order valence-electron chi connectivity index (χ2n) is 7.79. The van der Waals surface area contributed by atoms with Gasteiger partial charge in [-0.25, -0.2) is 4.79 Å². The summed E-state index contributed by atoms with van der Waals surface area (Å²) in [7, 11) is 0. The number of rotatable bonds is 7. The van der Waals surface area contributed by atoms with Crippen LogP contribution in [-0.2, 0) is 18.7 Å². The van der Waals surface area contributed by atoms with Crippen LogP contribution in [0.4, 0.5) is 0 Å². The first-order valence-electron chi connectivity index (χ1n) is 10.9. The van der Waals surface area contributed by atoms with E-state index >= 15 is 0 Å². The van der Waals surface area contributed by atoms with Crippen molar-refractivity contribution >= 4 is 34.3 Å². The van der Waals surface area contributed by atoms with Crippen LogP contribution >= 0.6 is 23.4 Å². The van der Waals surface area contributed by atoms with Crippen molar-refractivity contribution in [1.29, 1.82) is 0 Å². The Morgan fingerprint density at radius 3 is 2.65 bits per heavy atom. The highest BCUT2D eigenvalue weighted by Gasteiger charge is 2.17. The molecule has 34 heavy (non-hydrogen) atoms. The fraction of sp³-hybridized carbons (Fsp3) is 0.154. The lowest BCUT2D eigenvalue weighted by Crippen LogP contribution is -2.05. The maximum Gasteiger partial charge on any atom is 0.336 e. The normalized spacial score (nSPS) is 11.2. The van der Waals surface area contributed by atoms with Crippen molar-refractivity contribution in [2.45, 2.75) is 30.8 Å². The highest BCUT2D eigenvalue weighted by molar-refractivity contribution is 7.98. The molecule has 0 unspecified atom stereocenters. The van der Waals surface area contributed by atoms with Gasteiger partial charge in [0.05, 0.1) is 6.54 Å². The van der Waals surface area contributed by atoms with Gasteiger partial charge in [-0.05, 0) is 47.4 Å². The maximum atomic E-state index is 12.2. The van der Waals surface area contributed by atoms with Crippen LogP contribution in [-0.4, -0.2) is 19.7 Å². The number of nitrogens with zero attached hydrogens (tertiary/aromatic N) is 4. The molecule has 5 rings (SSSR count). The molecule has 2 aromatic carbocycles. The van der Waals surface area contributed by atoms with E-state index in [9.17, 15) is 4.79 Å². The summed E-state index contributed by atoms with van der Waals surface area (Å²) >= 11 is 7.98. The predicted octanol–water partition coefficient (Wildman–Crippen LogP) is 6.00. The van der Waals surface area contributed by atoms with Crippen molar-refractivity contribution in [2.24, 2.45) is 0 Å². The van der Waals surface area contributed by atoms with Gasteiger partial charge in [0.2, 0.25) is 0 Å². The molecule has 0 amide bonds. The fourth-order valence-electron chi connectivity index (χ4n) is 3.83. The minimum Gasteiger partial charge on any atom is -0.423 e. The zero-order valence-corrected chi connectivity index (χ0v) is 20.0. The molecule has 8 heteroatoms. The summed E-state index contributed by atoms with van der Waals surface area (Å²) in [5.74, 6) is 1.26. The van der Waals surface area contributed by atoms with E-state index in [4.69, 9.17) is 16.0 Å². The van der Waals surface area contributed by atoms with Gasteiger partial charge >= 0.3 is 5.63 Å². The van der Waals surface area contributed by atoms with Crippen molar-refractivity contribution in [3.8, 4) is 11.4 Å². The predicted molar refractivity (Wildman–Crippen MR) is 135 cm³/mol. The molecule has 0 fully saturated rings. The molecule has 6 nitrogen and oxygen atoms in total. The van der Waals surface area contributed by atoms with Gasteiger partial charge in [0, 0.05) is 40.2 Å². The van der Waals surface area contributed by atoms with Gasteiger partial charge in [0.25, 0.3) is 0 Å². The van der Waals surface area contributed by atoms with E-state index in [0.29, 0.717) is 22.9 Å².